The fourth-order valence-corrected chi connectivity index (χ4v) is 3.31. The van der Waals surface area contributed by atoms with Crippen LogP contribution in [-0.2, 0) is 0 Å². The van der Waals surface area contributed by atoms with Gasteiger partial charge >= 0.3 is 0 Å². The molecule has 0 radical (unpaired) electrons. The Morgan fingerprint density at radius 3 is 2.61 bits per heavy atom. The van der Waals surface area contributed by atoms with Crippen molar-refractivity contribution in [3.05, 3.63) is 71.3 Å². The summed E-state index contributed by atoms with van der Waals surface area (Å²) in [6.07, 6.45) is 6.76. The van der Waals surface area contributed by atoms with Gasteiger partial charge in [0.05, 0.1) is 16.8 Å². The zero-order valence-electron chi connectivity index (χ0n) is 16.7. The van der Waals surface area contributed by atoms with Crippen molar-refractivity contribution in [2.45, 2.75) is 6.92 Å². The van der Waals surface area contributed by atoms with E-state index >= 15 is 0 Å². The molecule has 0 aliphatic rings. The smallest absolute Gasteiger partial charge is 0.223 e. The second kappa shape index (κ2) is 9.24. The lowest BCUT2D eigenvalue weighted by atomic mass is 10.0. The normalized spacial score (nSPS) is 10.5. The SMILES string of the molecule is Cc1cc(Cl)ccc1-c1nc(NCCNc2ccc(C#N)cn2)ncc1-c1ncc[nH]1. The van der Waals surface area contributed by atoms with Gasteiger partial charge in [-0.1, -0.05) is 17.7 Å². The Bertz CT molecular complexity index is 1210. The Balaban J connectivity index is 1.51. The van der Waals surface area contributed by atoms with E-state index in [0.717, 1.165) is 22.4 Å². The van der Waals surface area contributed by atoms with Gasteiger partial charge in [-0.2, -0.15) is 5.26 Å². The molecule has 0 spiro atoms. The van der Waals surface area contributed by atoms with Crippen LogP contribution in [0.25, 0.3) is 22.6 Å². The van der Waals surface area contributed by atoms with Crippen molar-refractivity contribution >= 4 is 23.4 Å². The van der Waals surface area contributed by atoms with E-state index in [1.165, 1.54) is 6.20 Å². The molecule has 4 rings (SSSR count). The summed E-state index contributed by atoms with van der Waals surface area (Å²) in [5.41, 5.74) is 4.07. The number of pyridine rings is 1. The van der Waals surface area contributed by atoms with Gasteiger partial charge in [0.25, 0.3) is 0 Å². The van der Waals surface area contributed by atoms with Crippen LogP contribution in [0.3, 0.4) is 0 Å². The number of hydrogen-bond acceptors (Lipinski definition) is 7. The fraction of sp³-hybridized carbons (Fsp3) is 0.136. The molecule has 31 heavy (non-hydrogen) atoms. The fourth-order valence-electron chi connectivity index (χ4n) is 3.08. The van der Waals surface area contributed by atoms with Crippen molar-refractivity contribution in [3.8, 4) is 28.7 Å². The summed E-state index contributed by atoms with van der Waals surface area (Å²) in [6.45, 7) is 3.19. The van der Waals surface area contributed by atoms with E-state index in [1.54, 1.807) is 30.7 Å². The Kier molecular flexibility index (Phi) is 6.05. The third-order valence-electron chi connectivity index (χ3n) is 4.59. The number of nitriles is 1. The monoisotopic (exact) mass is 430 g/mol. The molecule has 154 valence electrons. The van der Waals surface area contributed by atoms with E-state index in [4.69, 9.17) is 21.8 Å². The molecule has 1 aromatic carbocycles. The first-order chi connectivity index (χ1) is 15.1. The zero-order valence-corrected chi connectivity index (χ0v) is 17.5. The number of halogens is 1. The van der Waals surface area contributed by atoms with Gasteiger partial charge in [-0.3, -0.25) is 0 Å². The minimum absolute atomic E-state index is 0.509. The standard InChI is InChI=1S/C22H19ClN8/c1-14-10-16(23)3-4-17(14)20-18(21-26-7-8-27-21)13-30-22(31-20)28-9-6-25-19-5-2-15(11-24)12-29-19/h2-5,7-8,10,12-13H,6,9H2,1H3,(H,25,29)(H,26,27)(H,28,30,31). The lowest BCUT2D eigenvalue weighted by Gasteiger charge is -2.13. The maximum Gasteiger partial charge on any atom is 0.223 e. The van der Waals surface area contributed by atoms with Gasteiger partial charge in [0.15, 0.2) is 0 Å². The van der Waals surface area contributed by atoms with E-state index in [0.29, 0.717) is 41.3 Å². The number of anilines is 2. The highest BCUT2D eigenvalue weighted by atomic mass is 35.5. The Hall–Kier alpha value is -3.96. The molecule has 0 unspecified atom stereocenters. The molecule has 0 fully saturated rings. The van der Waals surface area contributed by atoms with Crippen molar-refractivity contribution in [2.24, 2.45) is 0 Å². The Morgan fingerprint density at radius 1 is 1.03 bits per heavy atom. The highest BCUT2D eigenvalue weighted by molar-refractivity contribution is 6.30. The number of hydrogen-bond donors (Lipinski definition) is 3. The lowest BCUT2D eigenvalue weighted by Crippen LogP contribution is -2.16. The summed E-state index contributed by atoms with van der Waals surface area (Å²) in [5, 5.41) is 15.9. The Labute approximate surface area is 184 Å². The van der Waals surface area contributed by atoms with Crippen LogP contribution in [0.1, 0.15) is 11.1 Å². The molecule has 4 aromatic rings. The molecule has 0 atom stereocenters. The second-order valence-corrected chi connectivity index (χ2v) is 7.19. The van der Waals surface area contributed by atoms with E-state index in [-0.39, 0.29) is 0 Å². The topological polar surface area (TPSA) is 115 Å². The molecule has 0 aliphatic heterocycles. The average Bonchev–Trinajstić information content (AvgIpc) is 3.32. The molecule has 3 N–H and O–H groups in total. The molecule has 0 amide bonds. The molecule has 9 heteroatoms. The summed E-state index contributed by atoms with van der Waals surface area (Å²) in [5.74, 6) is 1.91. The zero-order chi connectivity index (χ0) is 21.6. The molecule has 0 bridgehead atoms. The van der Waals surface area contributed by atoms with Crippen LogP contribution in [0.5, 0.6) is 0 Å². The molecule has 3 heterocycles. The van der Waals surface area contributed by atoms with Crippen LogP contribution >= 0.6 is 11.6 Å². The first-order valence-electron chi connectivity index (χ1n) is 9.61. The molecule has 0 saturated carbocycles. The highest BCUT2D eigenvalue weighted by Crippen LogP contribution is 2.32. The summed E-state index contributed by atoms with van der Waals surface area (Å²) < 4.78 is 0. The number of H-pyrrole nitrogens is 1. The van der Waals surface area contributed by atoms with Gasteiger partial charge in [-0.15, -0.1) is 0 Å². The van der Waals surface area contributed by atoms with Crippen LogP contribution in [0.2, 0.25) is 5.02 Å². The van der Waals surface area contributed by atoms with Crippen molar-refractivity contribution in [1.29, 1.82) is 5.26 Å². The number of benzene rings is 1. The molecular weight excluding hydrogens is 412 g/mol. The predicted octanol–water partition coefficient (Wildman–Crippen LogP) is 4.29. The summed E-state index contributed by atoms with van der Waals surface area (Å²) in [4.78, 5) is 20.9. The summed E-state index contributed by atoms with van der Waals surface area (Å²) >= 11 is 6.14. The largest absolute Gasteiger partial charge is 0.368 e. The van der Waals surface area contributed by atoms with Crippen LogP contribution in [0.4, 0.5) is 11.8 Å². The molecular formula is C22H19ClN8. The number of aromatic nitrogens is 5. The highest BCUT2D eigenvalue weighted by Gasteiger charge is 2.15. The van der Waals surface area contributed by atoms with Gasteiger partial charge in [-0.05, 0) is 36.8 Å². The third-order valence-corrected chi connectivity index (χ3v) is 4.83. The van der Waals surface area contributed by atoms with Crippen LogP contribution < -0.4 is 10.6 Å². The molecule has 3 aromatic heterocycles. The number of aromatic amines is 1. The van der Waals surface area contributed by atoms with Gasteiger partial charge in [0.2, 0.25) is 5.95 Å². The van der Waals surface area contributed by atoms with Crippen molar-refractivity contribution < 1.29 is 0 Å². The maximum absolute atomic E-state index is 8.84. The second-order valence-electron chi connectivity index (χ2n) is 6.75. The molecule has 0 saturated heterocycles. The third kappa shape index (κ3) is 4.79. The average molecular weight is 431 g/mol. The maximum atomic E-state index is 8.84. The minimum Gasteiger partial charge on any atom is -0.368 e. The summed E-state index contributed by atoms with van der Waals surface area (Å²) in [6, 6.07) is 11.3. The van der Waals surface area contributed by atoms with Crippen LogP contribution in [-0.4, -0.2) is 38.0 Å². The van der Waals surface area contributed by atoms with Crippen LogP contribution in [0, 0.1) is 18.3 Å². The van der Waals surface area contributed by atoms with Gasteiger partial charge in [0.1, 0.15) is 17.7 Å². The number of nitrogens with one attached hydrogen (secondary N) is 3. The quantitative estimate of drug-likeness (QED) is 0.374. The van der Waals surface area contributed by atoms with E-state index in [9.17, 15) is 0 Å². The number of rotatable bonds is 7. The minimum atomic E-state index is 0.509. The Morgan fingerprint density at radius 2 is 1.90 bits per heavy atom. The lowest BCUT2D eigenvalue weighted by molar-refractivity contribution is 1.02. The van der Waals surface area contributed by atoms with Gasteiger partial charge in [0, 0.05) is 48.5 Å². The first-order valence-corrected chi connectivity index (χ1v) is 9.99. The van der Waals surface area contributed by atoms with E-state index < -0.39 is 0 Å². The van der Waals surface area contributed by atoms with Crippen molar-refractivity contribution in [3.63, 3.8) is 0 Å². The molecule has 8 nitrogen and oxygen atoms in total. The van der Waals surface area contributed by atoms with E-state index in [2.05, 4.69) is 36.6 Å². The molecule has 0 aliphatic carbocycles. The number of nitrogens with zero attached hydrogens (tertiary/aromatic N) is 5. The van der Waals surface area contributed by atoms with Gasteiger partial charge in [-0.25, -0.2) is 19.9 Å². The van der Waals surface area contributed by atoms with Crippen molar-refractivity contribution in [2.75, 3.05) is 23.7 Å². The van der Waals surface area contributed by atoms with Crippen LogP contribution in [0.15, 0.2) is 55.1 Å². The number of aryl methyl sites for hydroxylation is 1. The first kappa shape index (κ1) is 20.3. The summed E-state index contributed by atoms with van der Waals surface area (Å²) in [7, 11) is 0. The predicted molar refractivity (Wildman–Crippen MR) is 121 cm³/mol. The van der Waals surface area contributed by atoms with E-state index in [1.807, 2.05) is 25.1 Å². The number of imidazole rings is 1. The van der Waals surface area contributed by atoms with Crippen molar-refractivity contribution in [1.82, 2.24) is 24.9 Å². The van der Waals surface area contributed by atoms with Gasteiger partial charge < -0.3 is 15.6 Å².